The molecule has 1 aliphatic carbocycles. The van der Waals surface area contributed by atoms with Crippen LogP contribution < -0.4 is 10.6 Å². The van der Waals surface area contributed by atoms with Crippen LogP contribution in [0.1, 0.15) is 25.1 Å². The van der Waals surface area contributed by atoms with Crippen molar-refractivity contribution in [3.05, 3.63) is 11.9 Å². The standard InChI is InChI=1S/C10H13F3N4/c1-17(6-3-2-4-6)8-5-7(14)15-9(16-8)10(11,12)13/h5-6H,2-4H2,1H3,(H2,14,15,16). The Morgan fingerprint density at radius 3 is 2.47 bits per heavy atom. The van der Waals surface area contributed by atoms with Gasteiger partial charge in [0.25, 0.3) is 0 Å². The fourth-order valence-electron chi connectivity index (χ4n) is 1.72. The number of hydrogen-bond acceptors (Lipinski definition) is 4. The van der Waals surface area contributed by atoms with Gasteiger partial charge in [-0.15, -0.1) is 0 Å². The molecule has 1 aromatic rings. The van der Waals surface area contributed by atoms with Crippen molar-refractivity contribution in [1.29, 1.82) is 0 Å². The molecule has 1 fully saturated rings. The van der Waals surface area contributed by atoms with Gasteiger partial charge in [-0.05, 0) is 19.3 Å². The van der Waals surface area contributed by atoms with Crippen LogP contribution >= 0.6 is 0 Å². The Bertz CT molecular complexity index is 415. The lowest BCUT2D eigenvalue weighted by Crippen LogP contribution is -2.38. The molecule has 0 saturated heterocycles. The van der Waals surface area contributed by atoms with Crippen molar-refractivity contribution in [2.24, 2.45) is 0 Å². The van der Waals surface area contributed by atoms with E-state index < -0.39 is 12.0 Å². The number of halogens is 3. The molecule has 0 atom stereocenters. The highest BCUT2D eigenvalue weighted by atomic mass is 19.4. The monoisotopic (exact) mass is 246 g/mol. The fourth-order valence-corrected chi connectivity index (χ4v) is 1.72. The summed E-state index contributed by atoms with van der Waals surface area (Å²) in [6.45, 7) is 0. The minimum absolute atomic E-state index is 0.159. The van der Waals surface area contributed by atoms with Crippen LogP contribution in [0.25, 0.3) is 0 Å². The van der Waals surface area contributed by atoms with Crippen molar-refractivity contribution in [2.75, 3.05) is 17.7 Å². The van der Waals surface area contributed by atoms with Gasteiger partial charge >= 0.3 is 6.18 Å². The van der Waals surface area contributed by atoms with Gasteiger partial charge in [-0.3, -0.25) is 0 Å². The first-order valence-corrected chi connectivity index (χ1v) is 5.32. The largest absolute Gasteiger partial charge is 0.451 e. The summed E-state index contributed by atoms with van der Waals surface area (Å²) < 4.78 is 37.5. The average molecular weight is 246 g/mol. The number of nitrogens with two attached hydrogens (primary N) is 1. The quantitative estimate of drug-likeness (QED) is 0.867. The molecule has 94 valence electrons. The van der Waals surface area contributed by atoms with Crippen LogP contribution in [0.15, 0.2) is 6.07 Å². The molecule has 2 N–H and O–H groups in total. The Morgan fingerprint density at radius 1 is 1.35 bits per heavy atom. The molecule has 1 saturated carbocycles. The molecule has 1 heterocycles. The maximum absolute atomic E-state index is 12.5. The molecule has 17 heavy (non-hydrogen) atoms. The summed E-state index contributed by atoms with van der Waals surface area (Å²) in [4.78, 5) is 8.46. The van der Waals surface area contributed by atoms with Gasteiger partial charge in [0.05, 0.1) is 0 Å². The Balaban J connectivity index is 2.30. The van der Waals surface area contributed by atoms with E-state index in [0.29, 0.717) is 0 Å². The molecular formula is C10H13F3N4. The van der Waals surface area contributed by atoms with Crippen molar-refractivity contribution in [1.82, 2.24) is 9.97 Å². The summed E-state index contributed by atoms with van der Waals surface area (Å²) in [7, 11) is 1.73. The van der Waals surface area contributed by atoms with Crippen LogP contribution in [0.5, 0.6) is 0 Å². The van der Waals surface area contributed by atoms with Gasteiger partial charge in [-0.2, -0.15) is 13.2 Å². The average Bonchev–Trinajstić information content (AvgIpc) is 2.12. The molecule has 0 spiro atoms. The summed E-state index contributed by atoms with van der Waals surface area (Å²) >= 11 is 0. The number of nitrogens with zero attached hydrogens (tertiary/aromatic N) is 3. The Morgan fingerprint density at radius 2 is 2.00 bits per heavy atom. The first-order valence-electron chi connectivity index (χ1n) is 5.32. The highest BCUT2D eigenvalue weighted by Gasteiger charge is 2.36. The van der Waals surface area contributed by atoms with Gasteiger partial charge in [0.1, 0.15) is 11.6 Å². The topological polar surface area (TPSA) is 55.0 Å². The van der Waals surface area contributed by atoms with Crippen LogP contribution in [0.4, 0.5) is 24.8 Å². The SMILES string of the molecule is CN(c1cc(N)nc(C(F)(F)F)n1)C1CCC1. The minimum atomic E-state index is -4.56. The van der Waals surface area contributed by atoms with E-state index in [1.165, 1.54) is 6.07 Å². The van der Waals surface area contributed by atoms with Crippen LogP contribution in [-0.4, -0.2) is 23.1 Å². The summed E-state index contributed by atoms with van der Waals surface area (Å²) in [6.07, 6.45) is -1.52. The number of hydrogen-bond donors (Lipinski definition) is 1. The Hall–Kier alpha value is -1.53. The van der Waals surface area contributed by atoms with E-state index in [1.54, 1.807) is 11.9 Å². The van der Waals surface area contributed by atoms with E-state index in [9.17, 15) is 13.2 Å². The van der Waals surface area contributed by atoms with Crippen molar-refractivity contribution in [2.45, 2.75) is 31.5 Å². The second kappa shape index (κ2) is 4.05. The zero-order valence-corrected chi connectivity index (χ0v) is 9.33. The Kier molecular flexibility index (Phi) is 2.84. The summed E-state index contributed by atoms with van der Waals surface area (Å²) in [5, 5.41) is 0. The Labute approximate surface area is 96.7 Å². The van der Waals surface area contributed by atoms with Gasteiger partial charge in [0.15, 0.2) is 0 Å². The number of anilines is 2. The normalized spacial score (nSPS) is 16.7. The zero-order chi connectivity index (χ0) is 12.6. The maximum Gasteiger partial charge on any atom is 0.451 e. The zero-order valence-electron chi connectivity index (χ0n) is 9.33. The summed E-state index contributed by atoms with van der Waals surface area (Å²) in [6, 6.07) is 1.62. The van der Waals surface area contributed by atoms with Crippen molar-refractivity contribution in [3.8, 4) is 0 Å². The van der Waals surface area contributed by atoms with E-state index in [4.69, 9.17) is 5.73 Å². The molecule has 4 nitrogen and oxygen atoms in total. The first-order chi connectivity index (χ1) is 7.88. The van der Waals surface area contributed by atoms with E-state index in [0.717, 1.165) is 19.3 Å². The van der Waals surface area contributed by atoms with Gasteiger partial charge in [-0.1, -0.05) is 0 Å². The third-order valence-electron chi connectivity index (χ3n) is 2.97. The lowest BCUT2D eigenvalue weighted by atomic mass is 9.92. The molecule has 0 aromatic carbocycles. The first kappa shape index (κ1) is 11.9. The molecule has 0 bridgehead atoms. The van der Waals surface area contributed by atoms with E-state index in [2.05, 4.69) is 9.97 Å². The molecule has 1 aliphatic rings. The highest BCUT2D eigenvalue weighted by molar-refractivity contribution is 5.47. The van der Waals surface area contributed by atoms with Crippen molar-refractivity contribution >= 4 is 11.6 Å². The third kappa shape index (κ3) is 2.42. The molecule has 7 heteroatoms. The molecule has 1 aromatic heterocycles. The second-order valence-corrected chi connectivity index (χ2v) is 4.17. The van der Waals surface area contributed by atoms with Gasteiger partial charge < -0.3 is 10.6 Å². The summed E-state index contributed by atoms with van der Waals surface area (Å²) in [5.74, 6) is -1.11. The maximum atomic E-state index is 12.5. The third-order valence-corrected chi connectivity index (χ3v) is 2.97. The lowest BCUT2D eigenvalue weighted by molar-refractivity contribution is -0.144. The van der Waals surface area contributed by atoms with E-state index >= 15 is 0 Å². The predicted molar refractivity (Wildman–Crippen MR) is 57.5 cm³/mol. The predicted octanol–water partition coefficient (Wildman–Crippen LogP) is 2.07. The van der Waals surface area contributed by atoms with Gasteiger partial charge in [-0.25, -0.2) is 9.97 Å². The van der Waals surface area contributed by atoms with E-state index in [-0.39, 0.29) is 17.7 Å². The minimum Gasteiger partial charge on any atom is -0.384 e. The summed E-state index contributed by atoms with van der Waals surface area (Å²) in [5.41, 5.74) is 5.38. The van der Waals surface area contributed by atoms with Crippen LogP contribution in [0, 0.1) is 0 Å². The number of nitrogen functional groups attached to an aromatic ring is 1. The highest BCUT2D eigenvalue weighted by Crippen LogP contribution is 2.31. The van der Waals surface area contributed by atoms with Crippen molar-refractivity contribution in [3.63, 3.8) is 0 Å². The number of alkyl halides is 3. The number of rotatable bonds is 2. The van der Waals surface area contributed by atoms with E-state index in [1.807, 2.05) is 0 Å². The lowest BCUT2D eigenvalue weighted by Gasteiger charge is -2.35. The second-order valence-electron chi connectivity index (χ2n) is 4.17. The molecule has 0 radical (unpaired) electrons. The molecule has 0 aliphatic heterocycles. The molecule has 2 rings (SSSR count). The van der Waals surface area contributed by atoms with Crippen LogP contribution in [0.3, 0.4) is 0 Å². The number of aromatic nitrogens is 2. The molecule has 0 amide bonds. The molecule has 0 unspecified atom stereocenters. The van der Waals surface area contributed by atoms with Crippen molar-refractivity contribution < 1.29 is 13.2 Å². The van der Waals surface area contributed by atoms with Gasteiger partial charge in [0.2, 0.25) is 5.82 Å². The molecular weight excluding hydrogens is 233 g/mol. The van der Waals surface area contributed by atoms with Crippen LogP contribution in [-0.2, 0) is 6.18 Å². The fraction of sp³-hybridized carbons (Fsp3) is 0.600. The van der Waals surface area contributed by atoms with Gasteiger partial charge in [0, 0.05) is 19.2 Å². The smallest absolute Gasteiger partial charge is 0.384 e. The van der Waals surface area contributed by atoms with Crippen LogP contribution in [0.2, 0.25) is 0 Å².